The molecule has 0 saturated heterocycles. The summed E-state index contributed by atoms with van der Waals surface area (Å²) < 4.78 is 29.8. The summed E-state index contributed by atoms with van der Waals surface area (Å²) in [6.07, 6.45) is -3.05. The van der Waals surface area contributed by atoms with E-state index in [1.165, 1.54) is 26.0 Å². The predicted molar refractivity (Wildman–Crippen MR) is 86.5 cm³/mol. The van der Waals surface area contributed by atoms with Crippen LogP contribution in [0, 0.1) is 6.92 Å². The first-order valence-corrected chi connectivity index (χ1v) is 9.05. The molecule has 0 aliphatic carbocycles. The Morgan fingerprint density at radius 1 is 0.957 bits per heavy atom. The zero-order valence-electron chi connectivity index (χ0n) is 13.7. The maximum absolute atomic E-state index is 12.3. The fourth-order valence-electron chi connectivity index (χ4n) is 2.29. The zero-order chi connectivity index (χ0) is 17.6. The van der Waals surface area contributed by atoms with E-state index in [1.54, 1.807) is 12.1 Å². The molecule has 4 unspecified atom stereocenters. The Morgan fingerprint density at radius 3 is 1.96 bits per heavy atom. The van der Waals surface area contributed by atoms with Crippen LogP contribution in [0.4, 0.5) is 0 Å². The van der Waals surface area contributed by atoms with E-state index in [2.05, 4.69) is 0 Å². The van der Waals surface area contributed by atoms with E-state index in [1.807, 2.05) is 6.92 Å². The third kappa shape index (κ3) is 7.41. The van der Waals surface area contributed by atoms with Gasteiger partial charge in [0.05, 0.1) is 29.3 Å². The van der Waals surface area contributed by atoms with Gasteiger partial charge in [-0.15, -0.1) is 0 Å². The van der Waals surface area contributed by atoms with Gasteiger partial charge in [0.2, 0.25) is 0 Å². The Bertz CT molecular complexity index is 565. The SMILES string of the molecule is Cc1ccc(S(=O)(=O)OC(CC(C)O)CC(O)CC(C)O)cc1. The van der Waals surface area contributed by atoms with Crippen molar-refractivity contribution in [2.75, 3.05) is 0 Å². The molecule has 1 rings (SSSR count). The maximum atomic E-state index is 12.3. The largest absolute Gasteiger partial charge is 0.393 e. The molecule has 0 aliphatic heterocycles. The molecule has 0 aliphatic rings. The van der Waals surface area contributed by atoms with Crippen molar-refractivity contribution in [1.29, 1.82) is 0 Å². The summed E-state index contributed by atoms with van der Waals surface area (Å²) in [6.45, 7) is 4.91. The van der Waals surface area contributed by atoms with Gasteiger partial charge >= 0.3 is 0 Å². The minimum atomic E-state index is -3.98. The highest BCUT2D eigenvalue weighted by molar-refractivity contribution is 7.86. The van der Waals surface area contributed by atoms with E-state index in [0.717, 1.165) is 5.56 Å². The van der Waals surface area contributed by atoms with Gasteiger partial charge in [-0.2, -0.15) is 8.42 Å². The molecule has 7 heteroatoms. The van der Waals surface area contributed by atoms with E-state index >= 15 is 0 Å². The van der Waals surface area contributed by atoms with Gasteiger partial charge in [0.1, 0.15) is 0 Å². The van der Waals surface area contributed by atoms with Crippen LogP contribution in [-0.4, -0.2) is 48.2 Å². The van der Waals surface area contributed by atoms with Crippen LogP contribution in [0.5, 0.6) is 0 Å². The van der Waals surface area contributed by atoms with Crippen LogP contribution in [0.1, 0.15) is 38.7 Å². The molecule has 6 nitrogen and oxygen atoms in total. The van der Waals surface area contributed by atoms with Crippen molar-refractivity contribution in [2.45, 2.75) is 69.3 Å². The highest BCUT2D eigenvalue weighted by Gasteiger charge is 2.25. The fraction of sp³-hybridized carbons (Fsp3) is 0.625. The smallest absolute Gasteiger partial charge is 0.297 e. The number of rotatable bonds is 9. The highest BCUT2D eigenvalue weighted by atomic mass is 32.2. The van der Waals surface area contributed by atoms with Crippen molar-refractivity contribution in [3.63, 3.8) is 0 Å². The Hall–Kier alpha value is -0.990. The van der Waals surface area contributed by atoms with Gasteiger partial charge in [0.15, 0.2) is 0 Å². The standard InChI is InChI=1S/C16H26O6S/c1-11-4-6-16(7-5-11)23(20,21)22-15(9-13(3)18)10-14(19)8-12(2)17/h4-7,12-15,17-19H,8-10H2,1-3H3. The van der Waals surface area contributed by atoms with Crippen LogP contribution in [0.2, 0.25) is 0 Å². The molecular formula is C16H26O6S. The molecule has 0 fully saturated rings. The molecule has 0 bridgehead atoms. The fourth-order valence-corrected chi connectivity index (χ4v) is 3.38. The van der Waals surface area contributed by atoms with Crippen molar-refractivity contribution < 1.29 is 27.9 Å². The topological polar surface area (TPSA) is 104 Å². The van der Waals surface area contributed by atoms with Gasteiger partial charge in [-0.3, -0.25) is 4.18 Å². The predicted octanol–water partition coefficient (Wildman–Crippen LogP) is 1.36. The minimum Gasteiger partial charge on any atom is -0.393 e. The summed E-state index contributed by atoms with van der Waals surface area (Å²) in [5, 5.41) is 28.7. The summed E-state index contributed by atoms with van der Waals surface area (Å²) in [7, 11) is -3.98. The van der Waals surface area contributed by atoms with E-state index in [4.69, 9.17) is 4.18 Å². The normalized spacial score (nSPS) is 17.5. The number of aliphatic hydroxyl groups is 3. The molecule has 0 heterocycles. The summed E-state index contributed by atoms with van der Waals surface area (Å²) in [5.41, 5.74) is 0.928. The molecule has 1 aromatic carbocycles. The Labute approximate surface area is 137 Å². The molecule has 1 aromatic rings. The van der Waals surface area contributed by atoms with E-state index < -0.39 is 34.5 Å². The average molecular weight is 346 g/mol. The average Bonchev–Trinajstić information content (AvgIpc) is 2.36. The van der Waals surface area contributed by atoms with Crippen LogP contribution in [0.15, 0.2) is 29.2 Å². The summed E-state index contributed by atoms with van der Waals surface area (Å²) >= 11 is 0. The van der Waals surface area contributed by atoms with E-state index in [0.29, 0.717) is 0 Å². The number of aliphatic hydroxyl groups excluding tert-OH is 3. The van der Waals surface area contributed by atoms with Crippen molar-refractivity contribution in [2.24, 2.45) is 0 Å². The molecule has 0 saturated carbocycles. The first-order valence-electron chi connectivity index (χ1n) is 7.64. The van der Waals surface area contributed by atoms with Gasteiger partial charge < -0.3 is 15.3 Å². The third-order valence-electron chi connectivity index (χ3n) is 3.32. The zero-order valence-corrected chi connectivity index (χ0v) is 14.5. The number of hydrogen-bond acceptors (Lipinski definition) is 6. The summed E-state index contributed by atoms with van der Waals surface area (Å²) in [6, 6.07) is 6.25. The lowest BCUT2D eigenvalue weighted by atomic mass is 10.0. The van der Waals surface area contributed by atoms with Crippen LogP contribution in [0.3, 0.4) is 0 Å². The van der Waals surface area contributed by atoms with Crippen molar-refractivity contribution in [3.05, 3.63) is 29.8 Å². The first-order chi connectivity index (χ1) is 10.6. The number of aryl methyl sites for hydroxylation is 1. The molecule has 23 heavy (non-hydrogen) atoms. The molecule has 0 aromatic heterocycles. The lowest BCUT2D eigenvalue weighted by molar-refractivity contribution is 0.0376. The second kappa shape index (κ2) is 8.75. The van der Waals surface area contributed by atoms with E-state index in [-0.39, 0.29) is 24.2 Å². The lowest BCUT2D eigenvalue weighted by Gasteiger charge is -2.22. The van der Waals surface area contributed by atoms with E-state index in [9.17, 15) is 23.7 Å². The second-order valence-electron chi connectivity index (χ2n) is 6.04. The van der Waals surface area contributed by atoms with Crippen LogP contribution >= 0.6 is 0 Å². The Balaban J connectivity index is 2.84. The quantitative estimate of drug-likeness (QED) is 0.583. The summed E-state index contributed by atoms with van der Waals surface area (Å²) in [5.74, 6) is 0. The van der Waals surface area contributed by atoms with Crippen molar-refractivity contribution >= 4 is 10.1 Å². The molecule has 3 N–H and O–H groups in total. The molecule has 0 radical (unpaired) electrons. The Morgan fingerprint density at radius 2 is 1.48 bits per heavy atom. The van der Waals surface area contributed by atoms with Gasteiger partial charge in [-0.1, -0.05) is 17.7 Å². The molecule has 4 atom stereocenters. The maximum Gasteiger partial charge on any atom is 0.297 e. The van der Waals surface area contributed by atoms with Gasteiger partial charge in [-0.25, -0.2) is 0 Å². The highest BCUT2D eigenvalue weighted by Crippen LogP contribution is 2.21. The number of hydrogen-bond donors (Lipinski definition) is 3. The molecule has 0 spiro atoms. The summed E-state index contributed by atoms with van der Waals surface area (Å²) in [4.78, 5) is 0.0312. The van der Waals surface area contributed by atoms with Gasteiger partial charge in [-0.05, 0) is 39.3 Å². The van der Waals surface area contributed by atoms with Crippen LogP contribution < -0.4 is 0 Å². The number of benzene rings is 1. The van der Waals surface area contributed by atoms with Gasteiger partial charge in [0, 0.05) is 12.8 Å². The molecule has 0 amide bonds. The third-order valence-corrected chi connectivity index (χ3v) is 4.70. The monoisotopic (exact) mass is 346 g/mol. The van der Waals surface area contributed by atoms with Crippen molar-refractivity contribution in [3.8, 4) is 0 Å². The van der Waals surface area contributed by atoms with Gasteiger partial charge in [0.25, 0.3) is 10.1 Å². The first kappa shape index (κ1) is 20.1. The van der Waals surface area contributed by atoms with Crippen LogP contribution in [0.25, 0.3) is 0 Å². The molecular weight excluding hydrogens is 320 g/mol. The lowest BCUT2D eigenvalue weighted by Crippen LogP contribution is -2.28. The van der Waals surface area contributed by atoms with Crippen molar-refractivity contribution in [1.82, 2.24) is 0 Å². The Kier molecular flexibility index (Phi) is 7.63. The van der Waals surface area contributed by atoms with Crippen LogP contribution in [-0.2, 0) is 14.3 Å². The second-order valence-corrected chi connectivity index (χ2v) is 7.62. The minimum absolute atomic E-state index is 0.0148. The molecule has 132 valence electrons.